The highest BCUT2D eigenvalue weighted by Gasteiger charge is 2.32. The van der Waals surface area contributed by atoms with Gasteiger partial charge in [0, 0.05) is 31.7 Å². The number of halogens is 1. The van der Waals surface area contributed by atoms with Crippen molar-refractivity contribution in [2.75, 3.05) is 26.3 Å². The number of benzene rings is 2. The van der Waals surface area contributed by atoms with Gasteiger partial charge >= 0.3 is 0 Å². The van der Waals surface area contributed by atoms with Crippen molar-refractivity contribution >= 4 is 5.91 Å². The van der Waals surface area contributed by atoms with Crippen molar-refractivity contribution in [1.29, 1.82) is 0 Å². The molecule has 0 saturated carbocycles. The van der Waals surface area contributed by atoms with Crippen molar-refractivity contribution < 1.29 is 18.7 Å². The Labute approximate surface area is 178 Å². The molecule has 162 valence electrons. The third-order valence-corrected chi connectivity index (χ3v) is 5.48. The van der Waals surface area contributed by atoms with Crippen LogP contribution in [0.25, 0.3) is 0 Å². The van der Waals surface area contributed by atoms with E-state index >= 15 is 0 Å². The molecule has 2 aromatic rings. The summed E-state index contributed by atoms with van der Waals surface area (Å²) in [6.45, 7) is 10.7. The first kappa shape index (κ1) is 22.1. The molecule has 1 aliphatic rings. The molecule has 2 aromatic carbocycles. The molecule has 0 bridgehead atoms. The van der Waals surface area contributed by atoms with Crippen molar-refractivity contribution in [1.82, 2.24) is 9.80 Å². The minimum atomic E-state index is -0.225. The smallest absolute Gasteiger partial charge is 0.260 e. The summed E-state index contributed by atoms with van der Waals surface area (Å²) in [5, 5.41) is 0. The van der Waals surface area contributed by atoms with Gasteiger partial charge in [-0.3, -0.25) is 9.69 Å². The first-order chi connectivity index (χ1) is 14.4. The van der Waals surface area contributed by atoms with Crippen LogP contribution in [0.2, 0.25) is 0 Å². The van der Waals surface area contributed by atoms with Crippen LogP contribution >= 0.6 is 0 Å². The minimum Gasteiger partial charge on any atom is -0.490 e. The Kier molecular flexibility index (Phi) is 7.32. The maximum Gasteiger partial charge on any atom is 0.260 e. The van der Waals surface area contributed by atoms with Crippen LogP contribution in [-0.4, -0.2) is 54.1 Å². The first-order valence-corrected chi connectivity index (χ1v) is 10.5. The van der Waals surface area contributed by atoms with Crippen LogP contribution in [0, 0.1) is 12.7 Å². The highest BCUT2D eigenvalue weighted by atomic mass is 19.1. The molecule has 0 radical (unpaired) electrons. The molecule has 6 heteroatoms. The SMILES string of the molecule is CCOc1cc(C)ccc1OCC(=O)N1C[C@@H](C)N(Cc2ccc(F)cc2)C[C@@H]1C. The van der Waals surface area contributed by atoms with Gasteiger partial charge in [0.05, 0.1) is 6.61 Å². The Morgan fingerprint density at radius 2 is 1.77 bits per heavy atom. The highest BCUT2D eigenvalue weighted by molar-refractivity contribution is 5.78. The zero-order valence-electron chi connectivity index (χ0n) is 18.2. The van der Waals surface area contributed by atoms with E-state index in [1.54, 1.807) is 0 Å². The molecule has 0 aromatic heterocycles. The summed E-state index contributed by atoms with van der Waals surface area (Å²) < 4.78 is 24.6. The van der Waals surface area contributed by atoms with Crippen molar-refractivity contribution in [3.63, 3.8) is 0 Å². The number of hydrogen-bond acceptors (Lipinski definition) is 4. The van der Waals surface area contributed by atoms with Crippen LogP contribution in [0.3, 0.4) is 0 Å². The average molecular weight is 415 g/mol. The van der Waals surface area contributed by atoms with Gasteiger partial charge in [0.2, 0.25) is 0 Å². The molecule has 0 spiro atoms. The number of piperazine rings is 1. The molecule has 3 rings (SSSR count). The van der Waals surface area contributed by atoms with E-state index in [1.165, 1.54) is 12.1 Å². The Balaban J connectivity index is 1.58. The summed E-state index contributed by atoms with van der Waals surface area (Å²) in [4.78, 5) is 17.1. The Morgan fingerprint density at radius 3 is 2.47 bits per heavy atom. The van der Waals surface area contributed by atoms with Crippen LogP contribution in [-0.2, 0) is 11.3 Å². The first-order valence-electron chi connectivity index (χ1n) is 10.5. The molecule has 30 heavy (non-hydrogen) atoms. The second-order valence-electron chi connectivity index (χ2n) is 7.97. The Bertz CT molecular complexity index is 856. The number of aryl methyl sites for hydroxylation is 1. The van der Waals surface area contributed by atoms with Crippen molar-refractivity contribution in [3.05, 3.63) is 59.4 Å². The molecule has 0 aliphatic carbocycles. The van der Waals surface area contributed by atoms with Gasteiger partial charge < -0.3 is 14.4 Å². The molecule has 0 N–H and O–H groups in total. The van der Waals surface area contributed by atoms with Gasteiger partial charge in [0.25, 0.3) is 5.91 Å². The van der Waals surface area contributed by atoms with E-state index in [1.807, 2.05) is 49.1 Å². The molecular formula is C24H31FN2O3. The van der Waals surface area contributed by atoms with E-state index in [2.05, 4.69) is 18.7 Å². The second-order valence-corrected chi connectivity index (χ2v) is 7.97. The maximum atomic E-state index is 13.1. The van der Waals surface area contributed by atoms with Gasteiger partial charge in [-0.25, -0.2) is 4.39 Å². The standard InChI is InChI=1S/C24H31FN2O3/c1-5-29-23-12-17(2)6-11-22(23)30-16-24(28)27-14-18(3)26(13-19(27)4)15-20-7-9-21(25)10-8-20/h6-12,18-19H,5,13-16H2,1-4H3/t18-,19+/m1/s1. The number of hydrogen-bond donors (Lipinski definition) is 0. The van der Waals surface area contributed by atoms with E-state index in [9.17, 15) is 9.18 Å². The summed E-state index contributed by atoms with van der Waals surface area (Å²) in [5.74, 6) is 0.998. The fraction of sp³-hybridized carbons (Fsp3) is 0.458. The summed E-state index contributed by atoms with van der Waals surface area (Å²) in [7, 11) is 0. The third kappa shape index (κ3) is 5.51. The van der Waals surface area contributed by atoms with Crippen molar-refractivity contribution in [2.45, 2.75) is 46.3 Å². The monoisotopic (exact) mass is 414 g/mol. The molecule has 1 heterocycles. The lowest BCUT2D eigenvalue weighted by molar-refractivity contribution is -0.139. The predicted octanol–water partition coefficient (Wildman–Crippen LogP) is 4.03. The number of ether oxygens (including phenoxy) is 2. The van der Waals surface area contributed by atoms with Crippen molar-refractivity contribution in [2.24, 2.45) is 0 Å². The fourth-order valence-electron chi connectivity index (χ4n) is 3.82. The fourth-order valence-corrected chi connectivity index (χ4v) is 3.82. The summed E-state index contributed by atoms with van der Waals surface area (Å²) >= 11 is 0. The van der Waals surface area contributed by atoms with Crippen LogP contribution in [0.1, 0.15) is 31.9 Å². The molecule has 5 nitrogen and oxygen atoms in total. The number of carbonyl (C=O) groups is 1. The van der Waals surface area contributed by atoms with Crippen LogP contribution < -0.4 is 9.47 Å². The van der Waals surface area contributed by atoms with Gasteiger partial charge in [-0.05, 0) is 63.1 Å². The number of nitrogens with zero attached hydrogens (tertiary/aromatic N) is 2. The van der Waals surface area contributed by atoms with Gasteiger partial charge in [0.15, 0.2) is 18.1 Å². The summed E-state index contributed by atoms with van der Waals surface area (Å²) in [5.41, 5.74) is 2.15. The predicted molar refractivity (Wildman–Crippen MR) is 115 cm³/mol. The normalized spacial score (nSPS) is 19.6. The van der Waals surface area contributed by atoms with E-state index in [-0.39, 0.29) is 30.4 Å². The van der Waals surface area contributed by atoms with E-state index in [4.69, 9.17) is 9.47 Å². The van der Waals surface area contributed by atoms with Gasteiger partial charge in [0.1, 0.15) is 5.82 Å². The number of carbonyl (C=O) groups excluding carboxylic acids is 1. The topological polar surface area (TPSA) is 42.0 Å². The quantitative estimate of drug-likeness (QED) is 0.686. The largest absolute Gasteiger partial charge is 0.490 e. The number of amides is 1. The van der Waals surface area contributed by atoms with E-state index in [0.717, 1.165) is 24.2 Å². The van der Waals surface area contributed by atoms with Crippen molar-refractivity contribution in [3.8, 4) is 11.5 Å². The highest BCUT2D eigenvalue weighted by Crippen LogP contribution is 2.28. The van der Waals surface area contributed by atoms with E-state index < -0.39 is 0 Å². The van der Waals surface area contributed by atoms with E-state index in [0.29, 0.717) is 24.7 Å². The van der Waals surface area contributed by atoms with Crippen LogP contribution in [0.5, 0.6) is 11.5 Å². The lowest BCUT2D eigenvalue weighted by atomic mass is 10.1. The van der Waals surface area contributed by atoms with Crippen LogP contribution in [0.15, 0.2) is 42.5 Å². The molecule has 0 unspecified atom stereocenters. The second kappa shape index (κ2) is 9.94. The zero-order valence-corrected chi connectivity index (χ0v) is 18.2. The molecule has 2 atom stereocenters. The summed E-state index contributed by atoms with van der Waals surface area (Å²) in [6, 6.07) is 12.6. The summed E-state index contributed by atoms with van der Waals surface area (Å²) in [6.07, 6.45) is 0. The lowest BCUT2D eigenvalue weighted by Gasteiger charge is -2.44. The Morgan fingerprint density at radius 1 is 1.03 bits per heavy atom. The van der Waals surface area contributed by atoms with Gasteiger partial charge in [-0.1, -0.05) is 18.2 Å². The average Bonchev–Trinajstić information content (AvgIpc) is 2.71. The van der Waals surface area contributed by atoms with Gasteiger partial charge in [-0.2, -0.15) is 0 Å². The molecule has 1 fully saturated rings. The van der Waals surface area contributed by atoms with Crippen LogP contribution in [0.4, 0.5) is 4.39 Å². The molecular weight excluding hydrogens is 383 g/mol. The number of rotatable bonds is 7. The van der Waals surface area contributed by atoms with Gasteiger partial charge in [-0.15, -0.1) is 0 Å². The lowest BCUT2D eigenvalue weighted by Crippen LogP contribution is -2.58. The molecule has 1 amide bonds. The Hall–Kier alpha value is -2.60. The maximum absolute atomic E-state index is 13.1. The molecule has 1 aliphatic heterocycles. The minimum absolute atomic E-state index is 0.0157. The zero-order chi connectivity index (χ0) is 21.7. The third-order valence-electron chi connectivity index (χ3n) is 5.48. The molecule has 1 saturated heterocycles.